The SMILES string of the molecule is C[C@@H](C=O)[C@@H]1CCCN(C(=O)OC(C)(C)C)C1. The fourth-order valence-electron chi connectivity index (χ4n) is 2.04. The summed E-state index contributed by atoms with van der Waals surface area (Å²) in [6.07, 6.45) is 2.67. The monoisotopic (exact) mass is 241 g/mol. The Morgan fingerprint density at radius 2 is 2.12 bits per heavy atom. The maximum Gasteiger partial charge on any atom is 0.410 e. The van der Waals surface area contributed by atoms with Crippen molar-refractivity contribution in [2.24, 2.45) is 11.8 Å². The van der Waals surface area contributed by atoms with E-state index in [1.165, 1.54) is 0 Å². The molecule has 0 aromatic rings. The Kier molecular flexibility index (Phi) is 4.54. The second kappa shape index (κ2) is 5.52. The molecule has 0 spiro atoms. The van der Waals surface area contributed by atoms with Gasteiger partial charge in [-0.3, -0.25) is 0 Å². The Morgan fingerprint density at radius 1 is 1.47 bits per heavy atom. The van der Waals surface area contributed by atoms with Crippen LogP contribution in [0.3, 0.4) is 0 Å². The number of nitrogens with zero attached hydrogens (tertiary/aromatic N) is 1. The van der Waals surface area contributed by atoms with Crippen molar-refractivity contribution < 1.29 is 14.3 Å². The number of amides is 1. The van der Waals surface area contributed by atoms with Crippen LogP contribution in [-0.2, 0) is 9.53 Å². The van der Waals surface area contributed by atoms with Gasteiger partial charge in [0.2, 0.25) is 0 Å². The number of aldehydes is 1. The summed E-state index contributed by atoms with van der Waals surface area (Å²) in [5.74, 6) is 0.286. The molecular formula is C13H23NO3. The van der Waals surface area contributed by atoms with Crippen LogP contribution in [0.4, 0.5) is 4.79 Å². The van der Waals surface area contributed by atoms with E-state index in [4.69, 9.17) is 4.74 Å². The molecule has 0 N–H and O–H groups in total. The molecule has 0 saturated carbocycles. The van der Waals surface area contributed by atoms with Crippen LogP contribution in [0.2, 0.25) is 0 Å². The van der Waals surface area contributed by atoms with E-state index >= 15 is 0 Å². The Hall–Kier alpha value is -1.06. The highest BCUT2D eigenvalue weighted by Crippen LogP contribution is 2.24. The van der Waals surface area contributed by atoms with E-state index in [-0.39, 0.29) is 17.9 Å². The lowest BCUT2D eigenvalue weighted by Gasteiger charge is -2.35. The fraction of sp³-hybridized carbons (Fsp3) is 0.846. The first-order valence-electron chi connectivity index (χ1n) is 6.26. The minimum Gasteiger partial charge on any atom is -0.444 e. The highest BCUT2D eigenvalue weighted by atomic mass is 16.6. The normalized spacial score (nSPS) is 23.1. The summed E-state index contributed by atoms with van der Waals surface area (Å²) in [5.41, 5.74) is -0.458. The van der Waals surface area contributed by atoms with Gasteiger partial charge in [0.25, 0.3) is 0 Å². The van der Waals surface area contributed by atoms with Crippen LogP contribution in [0.25, 0.3) is 0 Å². The predicted molar refractivity (Wildman–Crippen MR) is 65.8 cm³/mol. The third kappa shape index (κ3) is 4.36. The second-order valence-electron chi connectivity index (χ2n) is 5.82. The summed E-state index contributed by atoms with van der Waals surface area (Å²) in [6.45, 7) is 8.86. The van der Waals surface area contributed by atoms with E-state index in [0.717, 1.165) is 25.7 Å². The van der Waals surface area contributed by atoms with Crippen molar-refractivity contribution >= 4 is 12.4 Å². The number of likely N-dealkylation sites (tertiary alicyclic amines) is 1. The summed E-state index contributed by atoms with van der Waals surface area (Å²) in [6, 6.07) is 0. The molecule has 0 aromatic carbocycles. The minimum absolute atomic E-state index is 0.0141. The van der Waals surface area contributed by atoms with Gasteiger partial charge < -0.3 is 14.4 Å². The maximum atomic E-state index is 11.9. The molecule has 1 aliphatic heterocycles. The molecule has 0 unspecified atom stereocenters. The molecule has 1 heterocycles. The highest BCUT2D eigenvalue weighted by molar-refractivity contribution is 5.68. The number of hydrogen-bond donors (Lipinski definition) is 0. The summed E-state index contributed by atoms with van der Waals surface area (Å²) in [5, 5.41) is 0. The van der Waals surface area contributed by atoms with E-state index in [9.17, 15) is 9.59 Å². The molecule has 1 saturated heterocycles. The van der Waals surface area contributed by atoms with Crippen LogP contribution in [0.1, 0.15) is 40.5 Å². The zero-order chi connectivity index (χ0) is 13.1. The van der Waals surface area contributed by atoms with Gasteiger partial charge in [-0.1, -0.05) is 6.92 Å². The van der Waals surface area contributed by atoms with E-state index in [1.807, 2.05) is 27.7 Å². The van der Waals surface area contributed by atoms with Gasteiger partial charge in [-0.05, 0) is 39.5 Å². The van der Waals surface area contributed by atoms with Crippen LogP contribution in [0, 0.1) is 11.8 Å². The second-order valence-corrected chi connectivity index (χ2v) is 5.82. The van der Waals surface area contributed by atoms with Crippen molar-refractivity contribution in [3.8, 4) is 0 Å². The van der Waals surface area contributed by atoms with Crippen LogP contribution in [-0.4, -0.2) is 36.0 Å². The van der Waals surface area contributed by atoms with Crippen LogP contribution in [0.15, 0.2) is 0 Å². The van der Waals surface area contributed by atoms with Gasteiger partial charge in [0.05, 0.1) is 0 Å². The topological polar surface area (TPSA) is 46.6 Å². The van der Waals surface area contributed by atoms with Crippen LogP contribution < -0.4 is 0 Å². The lowest BCUT2D eigenvalue weighted by Crippen LogP contribution is -2.44. The molecule has 0 aliphatic carbocycles. The first kappa shape index (κ1) is 14.0. The first-order chi connectivity index (χ1) is 7.83. The zero-order valence-corrected chi connectivity index (χ0v) is 11.2. The van der Waals surface area contributed by atoms with Crippen molar-refractivity contribution in [1.82, 2.24) is 4.90 Å². The molecule has 4 heteroatoms. The Bertz CT molecular complexity index is 283. The van der Waals surface area contributed by atoms with Crippen molar-refractivity contribution in [2.75, 3.05) is 13.1 Å². The fourth-order valence-corrected chi connectivity index (χ4v) is 2.04. The quantitative estimate of drug-likeness (QED) is 0.698. The Labute approximate surface area is 103 Å². The van der Waals surface area contributed by atoms with Crippen molar-refractivity contribution in [2.45, 2.75) is 46.1 Å². The van der Waals surface area contributed by atoms with Gasteiger partial charge in [-0.2, -0.15) is 0 Å². The Morgan fingerprint density at radius 3 is 2.65 bits per heavy atom. The molecule has 0 radical (unpaired) electrons. The molecule has 1 rings (SSSR count). The smallest absolute Gasteiger partial charge is 0.410 e. The molecular weight excluding hydrogens is 218 g/mol. The molecule has 1 amide bonds. The number of carbonyl (C=O) groups is 2. The summed E-state index contributed by atoms with van der Waals surface area (Å²) in [7, 11) is 0. The number of hydrogen-bond acceptors (Lipinski definition) is 3. The van der Waals surface area contributed by atoms with E-state index in [2.05, 4.69) is 0 Å². The predicted octanol–water partition coefficient (Wildman–Crippen LogP) is 2.47. The molecule has 0 bridgehead atoms. The summed E-state index contributed by atoms with van der Waals surface area (Å²) < 4.78 is 5.34. The molecule has 4 nitrogen and oxygen atoms in total. The molecule has 17 heavy (non-hydrogen) atoms. The highest BCUT2D eigenvalue weighted by Gasteiger charge is 2.29. The summed E-state index contributed by atoms with van der Waals surface area (Å²) >= 11 is 0. The van der Waals surface area contributed by atoms with Gasteiger partial charge in [0.1, 0.15) is 11.9 Å². The maximum absolute atomic E-state index is 11.9. The van der Waals surface area contributed by atoms with Crippen LogP contribution >= 0.6 is 0 Å². The lowest BCUT2D eigenvalue weighted by molar-refractivity contribution is -0.112. The third-order valence-electron chi connectivity index (χ3n) is 3.07. The van der Waals surface area contributed by atoms with E-state index in [0.29, 0.717) is 6.54 Å². The largest absolute Gasteiger partial charge is 0.444 e. The Balaban J connectivity index is 2.54. The number of piperidine rings is 1. The summed E-state index contributed by atoms with van der Waals surface area (Å²) in [4.78, 5) is 24.4. The average molecular weight is 241 g/mol. The number of rotatable bonds is 2. The zero-order valence-electron chi connectivity index (χ0n) is 11.2. The van der Waals surface area contributed by atoms with Gasteiger partial charge in [0.15, 0.2) is 0 Å². The minimum atomic E-state index is -0.458. The van der Waals surface area contributed by atoms with Crippen LogP contribution in [0.5, 0.6) is 0 Å². The standard InChI is InChI=1S/C13H23NO3/c1-10(9-15)11-6-5-7-14(8-11)12(16)17-13(2,3)4/h9-11H,5-8H2,1-4H3/t10-,11+/m0/s1. The van der Waals surface area contributed by atoms with Crippen molar-refractivity contribution in [1.29, 1.82) is 0 Å². The third-order valence-corrected chi connectivity index (χ3v) is 3.07. The first-order valence-corrected chi connectivity index (χ1v) is 6.26. The van der Waals surface area contributed by atoms with E-state index in [1.54, 1.807) is 4.90 Å². The number of carbonyl (C=O) groups excluding carboxylic acids is 2. The van der Waals surface area contributed by atoms with Crippen molar-refractivity contribution in [3.05, 3.63) is 0 Å². The molecule has 98 valence electrons. The van der Waals surface area contributed by atoms with Gasteiger partial charge in [0, 0.05) is 19.0 Å². The van der Waals surface area contributed by atoms with Crippen molar-refractivity contribution in [3.63, 3.8) is 0 Å². The van der Waals surface area contributed by atoms with E-state index < -0.39 is 5.60 Å². The van der Waals surface area contributed by atoms with Gasteiger partial charge in [-0.15, -0.1) is 0 Å². The van der Waals surface area contributed by atoms with Gasteiger partial charge in [-0.25, -0.2) is 4.79 Å². The average Bonchev–Trinajstić information content (AvgIpc) is 2.26. The molecule has 0 aromatic heterocycles. The lowest BCUT2D eigenvalue weighted by atomic mass is 9.88. The molecule has 2 atom stereocenters. The van der Waals surface area contributed by atoms with Gasteiger partial charge >= 0.3 is 6.09 Å². The molecule has 1 aliphatic rings. The number of ether oxygens (including phenoxy) is 1. The molecule has 1 fully saturated rings.